The average Bonchev–Trinajstić information content (AvgIpc) is 3.43. The van der Waals surface area contributed by atoms with Crippen LogP contribution in [-0.4, -0.2) is 26.6 Å². The largest absolute Gasteiger partial charge is 0.337 e. The lowest BCUT2D eigenvalue weighted by atomic mass is 10.1. The molecular weight excluding hydrogens is 419 g/mol. The maximum atomic E-state index is 13.4. The number of benzene rings is 2. The summed E-state index contributed by atoms with van der Waals surface area (Å²) in [7, 11) is 0. The fourth-order valence-corrected chi connectivity index (χ4v) is 4.24. The van der Waals surface area contributed by atoms with Crippen LogP contribution in [0.3, 0.4) is 0 Å². The third-order valence-electron chi connectivity index (χ3n) is 4.46. The van der Waals surface area contributed by atoms with Crippen LogP contribution in [0.5, 0.6) is 0 Å². The van der Waals surface area contributed by atoms with E-state index in [4.69, 9.17) is 4.98 Å². The van der Waals surface area contributed by atoms with Crippen LogP contribution in [0.4, 0.5) is 9.52 Å². The lowest BCUT2D eigenvalue weighted by Crippen LogP contribution is -2.13. The van der Waals surface area contributed by atoms with Gasteiger partial charge in [-0.3, -0.25) is 4.79 Å². The average molecular weight is 439 g/mol. The van der Waals surface area contributed by atoms with Crippen molar-refractivity contribution in [2.24, 2.45) is 0 Å². The highest BCUT2D eigenvalue weighted by atomic mass is 32.2. The molecule has 0 aliphatic rings. The normalized spacial score (nSPS) is 10.9. The lowest BCUT2D eigenvalue weighted by molar-refractivity contribution is -0.113. The highest BCUT2D eigenvalue weighted by Crippen LogP contribution is 2.33. The number of nitrogens with one attached hydrogen (secondary N) is 2. The predicted octanol–water partition coefficient (Wildman–Crippen LogP) is 5.63. The zero-order valence-electron chi connectivity index (χ0n) is 16.2. The Hall–Kier alpha value is -2.97. The van der Waals surface area contributed by atoms with Gasteiger partial charge in [-0.15, -0.1) is 11.3 Å². The van der Waals surface area contributed by atoms with Crippen LogP contribution in [0.25, 0.3) is 22.6 Å². The van der Waals surface area contributed by atoms with Crippen molar-refractivity contribution in [3.8, 4) is 22.6 Å². The molecule has 0 saturated heterocycles. The zero-order valence-corrected chi connectivity index (χ0v) is 17.8. The first-order valence-corrected chi connectivity index (χ1v) is 11.3. The fraction of sp³-hybridized carbons (Fsp3) is 0.136. The number of amides is 1. The molecule has 0 atom stereocenters. The molecule has 0 saturated carbocycles. The maximum absolute atomic E-state index is 13.4. The van der Waals surface area contributed by atoms with Crippen LogP contribution in [0.1, 0.15) is 12.5 Å². The van der Waals surface area contributed by atoms with Gasteiger partial charge in [0.1, 0.15) is 16.7 Å². The van der Waals surface area contributed by atoms with E-state index in [1.54, 1.807) is 23.7 Å². The Balaban J connectivity index is 1.60. The molecular formula is C22H19FN4OS2. The molecule has 0 radical (unpaired) electrons. The Labute approximate surface area is 181 Å². The van der Waals surface area contributed by atoms with E-state index in [9.17, 15) is 9.18 Å². The number of imidazole rings is 1. The molecule has 30 heavy (non-hydrogen) atoms. The molecule has 0 bridgehead atoms. The summed E-state index contributed by atoms with van der Waals surface area (Å²) in [5.74, 6) is 0.440. The molecule has 0 spiro atoms. The summed E-state index contributed by atoms with van der Waals surface area (Å²) in [5.41, 5.74) is 3.77. The number of anilines is 1. The van der Waals surface area contributed by atoms with Crippen LogP contribution >= 0.6 is 23.1 Å². The molecule has 1 amide bonds. The summed E-state index contributed by atoms with van der Waals surface area (Å²) >= 11 is 2.70. The van der Waals surface area contributed by atoms with Gasteiger partial charge >= 0.3 is 0 Å². The number of nitrogens with zero attached hydrogens (tertiary/aromatic N) is 2. The van der Waals surface area contributed by atoms with Crippen molar-refractivity contribution in [1.29, 1.82) is 0 Å². The number of aryl methyl sites for hydroxylation is 1. The second-order valence-electron chi connectivity index (χ2n) is 6.50. The molecule has 2 heterocycles. The fourth-order valence-electron chi connectivity index (χ4n) is 2.88. The summed E-state index contributed by atoms with van der Waals surface area (Å²) in [6.07, 6.45) is 2.61. The topological polar surface area (TPSA) is 70.7 Å². The van der Waals surface area contributed by atoms with E-state index in [-0.39, 0.29) is 17.5 Å². The van der Waals surface area contributed by atoms with Crippen LogP contribution in [0.2, 0.25) is 0 Å². The molecule has 5 nitrogen and oxygen atoms in total. The lowest BCUT2D eigenvalue weighted by Gasteiger charge is -2.03. The number of carbonyl (C=O) groups excluding carboxylic acids is 1. The smallest absolute Gasteiger partial charge is 0.236 e. The number of hydrogen-bond acceptors (Lipinski definition) is 5. The molecule has 8 heteroatoms. The van der Waals surface area contributed by atoms with Crippen molar-refractivity contribution in [1.82, 2.24) is 15.0 Å². The summed E-state index contributed by atoms with van der Waals surface area (Å²) in [5, 5.41) is 5.83. The molecule has 0 aliphatic heterocycles. The Kier molecular flexibility index (Phi) is 6.25. The number of H-pyrrole nitrogens is 1. The summed E-state index contributed by atoms with van der Waals surface area (Å²) in [6.45, 7) is 2.11. The van der Waals surface area contributed by atoms with Gasteiger partial charge in [0.25, 0.3) is 0 Å². The minimum absolute atomic E-state index is 0.156. The number of carbonyl (C=O) groups is 1. The van der Waals surface area contributed by atoms with E-state index in [0.29, 0.717) is 16.0 Å². The highest BCUT2D eigenvalue weighted by Gasteiger charge is 2.16. The van der Waals surface area contributed by atoms with E-state index >= 15 is 0 Å². The van der Waals surface area contributed by atoms with Gasteiger partial charge in [0.15, 0.2) is 5.13 Å². The predicted molar refractivity (Wildman–Crippen MR) is 120 cm³/mol. The Morgan fingerprint density at radius 1 is 1.13 bits per heavy atom. The standard InChI is InChI=1S/C22H19FN4OS2/c1-2-14-3-5-16(6-4-14)20-26-19(15-7-9-17(23)10-8-15)21(27-20)30-13-18(28)25-22-24-11-12-29-22/h3-12H,2,13H2,1H3,(H,26,27)(H,24,25,28). The molecule has 0 fully saturated rings. The Morgan fingerprint density at radius 2 is 1.87 bits per heavy atom. The first kappa shape index (κ1) is 20.3. The molecule has 4 aromatic rings. The van der Waals surface area contributed by atoms with Crippen molar-refractivity contribution in [3.05, 3.63) is 71.5 Å². The van der Waals surface area contributed by atoms with Crippen LogP contribution in [0, 0.1) is 5.82 Å². The molecule has 152 valence electrons. The van der Waals surface area contributed by atoms with Crippen molar-refractivity contribution in [2.75, 3.05) is 11.1 Å². The second kappa shape index (κ2) is 9.23. The summed E-state index contributed by atoms with van der Waals surface area (Å²) in [6, 6.07) is 14.4. The van der Waals surface area contributed by atoms with E-state index in [2.05, 4.69) is 34.3 Å². The number of aromatic nitrogens is 3. The summed E-state index contributed by atoms with van der Waals surface area (Å²) in [4.78, 5) is 24.4. The SMILES string of the molecule is CCc1ccc(-c2nc(SCC(=O)Nc3nccs3)c(-c3ccc(F)cc3)[nH]2)cc1. The highest BCUT2D eigenvalue weighted by molar-refractivity contribution is 8.00. The van der Waals surface area contributed by atoms with Gasteiger partial charge in [-0.2, -0.15) is 0 Å². The Morgan fingerprint density at radius 3 is 2.53 bits per heavy atom. The second-order valence-corrected chi connectivity index (χ2v) is 8.36. The van der Waals surface area contributed by atoms with Gasteiger partial charge in [-0.25, -0.2) is 14.4 Å². The van der Waals surface area contributed by atoms with Crippen LogP contribution < -0.4 is 5.32 Å². The minimum atomic E-state index is -0.300. The van der Waals surface area contributed by atoms with Gasteiger partial charge in [0, 0.05) is 22.7 Å². The van der Waals surface area contributed by atoms with Gasteiger partial charge in [0.05, 0.1) is 11.4 Å². The van der Waals surface area contributed by atoms with E-state index in [0.717, 1.165) is 23.2 Å². The van der Waals surface area contributed by atoms with Gasteiger partial charge in [-0.1, -0.05) is 43.0 Å². The minimum Gasteiger partial charge on any atom is -0.337 e. The third-order valence-corrected chi connectivity index (χ3v) is 6.12. The number of thiazole rings is 1. The first-order valence-electron chi connectivity index (χ1n) is 9.40. The number of thioether (sulfide) groups is 1. The van der Waals surface area contributed by atoms with E-state index < -0.39 is 0 Å². The number of rotatable bonds is 7. The third kappa shape index (κ3) is 4.77. The van der Waals surface area contributed by atoms with Crippen LogP contribution in [0.15, 0.2) is 65.1 Å². The quantitative estimate of drug-likeness (QED) is 0.367. The zero-order chi connectivity index (χ0) is 20.9. The number of hydrogen-bond donors (Lipinski definition) is 2. The number of aromatic amines is 1. The summed E-state index contributed by atoms with van der Waals surface area (Å²) < 4.78 is 13.4. The monoisotopic (exact) mass is 438 g/mol. The van der Waals surface area contributed by atoms with Crippen molar-refractivity contribution in [2.45, 2.75) is 18.4 Å². The van der Waals surface area contributed by atoms with Crippen molar-refractivity contribution in [3.63, 3.8) is 0 Å². The van der Waals surface area contributed by atoms with Crippen molar-refractivity contribution < 1.29 is 9.18 Å². The molecule has 2 aromatic carbocycles. The van der Waals surface area contributed by atoms with E-state index in [1.807, 2.05) is 12.1 Å². The molecule has 2 N–H and O–H groups in total. The molecule has 0 aliphatic carbocycles. The van der Waals surface area contributed by atoms with Gasteiger partial charge in [-0.05, 0) is 36.2 Å². The van der Waals surface area contributed by atoms with Crippen molar-refractivity contribution >= 4 is 34.1 Å². The molecule has 4 rings (SSSR count). The van der Waals surface area contributed by atoms with Gasteiger partial charge in [0.2, 0.25) is 5.91 Å². The van der Waals surface area contributed by atoms with Crippen LogP contribution in [-0.2, 0) is 11.2 Å². The van der Waals surface area contributed by atoms with Gasteiger partial charge < -0.3 is 10.3 Å². The maximum Gasteiger partial charge on any atom is 0.236 e. The Bertz CT molecular complexity index is 1120. The molecule has 2 aromatic heterocycles. The number of halogens is 1. The first-order chi connectivity index (χ1) is 14.6. The molecule has 0 unspecified atom stereocenters. The van der Waals surface area contributed by atoms with E-state index in [1.165, 1.54) is 40.8 Å².